The second kappa shape index (κ2) is 11.2. The molecule has 0 saturated carbocycles. The number of aromatic nitrogens is 1. The van der Waals surface area contributed by atoms with Gasteiger partial charge in [-0.1, -0.05) is 72.3 Å². The topological polar surface area (TPSA) is 40.5 Å². The van der Waals surface area contributed by atoms with Crippen LogP contribution in [-0.2, 0) is 11.2 Å². The molecule has 0 saturated heterocycles. The zero-order valence-corrected chi connectivity index (χ0v) is 22.6. The molecule has 0 aliphatic heterocycles. The Balaban J connectivity index is 1.51. The molecule has 1 aromatic heterocycles. The molecule has 0 radical (unpaired) electrons. The Morgan fingerprint density at radius 2 is 1.51 bits per heavy atom. The molecule has 0 spiro atoms. The van der Waals surface area contributed by atoms with Crippen LogP contribution in [0.2, 0.25) is 5.02 Å². The van der Waals surface area contributed by atoms with Crippen LogP contribution in [0.3, 0.4) is 0 Å². The Morgan fingerprint density at radius 3 is 2.11 bits per heavy atom. The summed E-state index contributed by atoms with van der Waals surface area (Å²) in [7, 11) is 1.37. The molecule has 0 aliphatic carbocycles. The van der Waals surface area contributed by atoms with Crippen LogP contribution in [0.4, 0.5) is 0 Å². The van der Waals surface area contributed by atoms with E-state index in [9.17, 15) is 4.79 Å². The molecule has 0 bridgehead atoms. The summed E-state index contributed by atoms with van der Waals surface area (Å²) >= 11 is 10.4. The van der Waals surface area contributed by atoms with E-state index >= 15 is 0 Å². The number of ether oxygens (including phenoxy) is 2. The summed E-state index contributed by atoms with van der Waals surface area (Å²) in [4.78, 5) is 11.7. The van der Waals surface area contributed by atoms with Crippen molar-refractivity contribution < 1.29 is 14.3 Å². The lowest BCUT2D eigenvalue weighted by Crippen LogP contribution is -2.13. The molecule has 6 heteroatoms. The molecule has 0 amide bonds. The molecule has 4 aromatic carbocycles. The van der Waals surface area contributed by atoms with E-state index in [0.29, 0.717) is 29.4 Å². The van der Waals surface area contributed by atoms with Crippen molar-refractivity contribution >= 4 is 44.4 Å². The lowest BCUT2D eigenvalue weighted by molar-refractivity contribution is 0.0600. The molecule has 5 aromatic rings. The van der Waals surface area contributed by atoms with Gasteiger partial charge in [0.25, 0.3) is 0 Å². The summed E-state index contributed by atoms with van der Waals surface area (Å²) in [5.41, 5.74) is 5.08. The van der Waals surface area contributed by atoms with Crippen LogP contribution >= 0.6 is 27.5 Å². The molecule has 0 N–H and O–H groups in total. The highest BCUT2D eigenvalue weighted by Gasteiger charge is 2.24. The highest BCUT2D eigenvalue weighted by atomic mass is 79.9. The number of rotatable bonds is 8. The van der Waals surface area contributed by atoms with Crippen molar-refractivity contribution in [2.75, 3.05) is 13.7 Å². The summed E-state index contributed by atoms with van der Waals surface area (Å²) < 4.78 is 14.1. The minimum absolute atomic E-state index is 0.0269. The molecular weight excluding hydrogens is 550 g/mol. The zero-order valence-electron chi connectivity index (χ0n) is 20.2. The van der Waals surface area contributed by atoms with Crippen molar-refractivity contribution in [1.29, 1.82) is 0 Å². The van der Waals surface area contributed by atoms with Crippen molar-refractivity contribution in [1.82, 2.24) is 4.57 Å². The fourth-order valence-electron chi connectivity index (χ4n) is 4.65. The maximum Gasteiger partial charge on any atom is 0.337 e. The predicted octanol–water partition coefficient (Wildman–Crippen LogP) is 8.10. The van der Waals surface area contributed by atoms with Crippen molar-refractivity contribution in [2.45, 2.75) is 12.5 Å². The minimum Gasteiger partial charge on any atom is -0.493 e. The summed E-state index contributed by atoms with van der Waals surface area (Å²) in [6, 6.07) is 34.0. The average molecular weight is 575 g/mol. The number of fused-ring (bicyclic) bond motifs is 1. The number of carbonyl (C=O) groups is 1. The first-order valence-corrected chi connectivity index (χ1v) is 13.1. The number of benzene rings is 4. The van der Waals surface area contributed by atoms with Crippen LogP contribution < -0.4 is 4.74 Å². The number of nitrogens with zero attached hydrogens (tertiary/aromatic N) is 1. The summed E-state index contributed by atoms with van der Waals surface area (Å²) in [5.74, 6) is 0.323. The van der Waals surface area contributed by atoms with E-state index in [1.165, 1.54) is 18.2 Å². The first-order valence-electron chi connectivity index (χ1n) is 12.0. The van der Waals surface area contributed by atoms with Crippen molar-refractivity contribution in [2.24, 2.45) is 0 Å². The molecule has 37 heavy (non-hydrogen) atoms. The van der Waals surface area contributed by atoms with Crippen LogP contribution in [0.25, 0.3) is 10.9 Å². The summed E-state index contributed by atoms with van der Waals surface area (Å²) in [5, 5.41) is 1.77. The molecular formula is C31H25BrClNO3. The van der Waals surface area contributed by atoms with Crippen molar-refractivity contribution in [3.8, 4) is 5.75 Å². The van der Waals surface area contributed by atoms with Gasteiger partial charge in [-0.15, -0.1) is 0 Å². The van der Waals surface area contributed by atoms with Crippen LogP contribution in [0.15, 0.2) is 108 Å². The second-order valence-corrected chi connectivity index (χ2v) is 9.83. The van der Waals surface area contributed by atoms with E-state index in [1.807, 2.05) is 24.3 Å². The maximum absolute atomic E-state index is 11.7. The highest BCUT2D eigenvalue weighted by molar-refractivity contribution is 9.10. The molecule has 0 atom stereocenters. The van der Waals surface area contributed by atoms with Gasteiger partial charge in [0, 0.05) is 16.8 Å². The molecule has 186 valence electrons. The van der Waals surface area contributed by atoms with Gasteiger partial charge in [-0.25, -0.2) is 4.79 Å². The van der Waals surface area contributed by atoms with Gasteiger partial charge in [-0.2, -0.15) is 0 Å². The highest BCUT2D eigenvalue weighted by Crippen LogP contribution is 2.39. The quantitative estimate of drug-likeness (QED) is 0.176. The summed E-state index contributed by atoms with van der Waals surface area (Å²) in [6.45, 7) is 0.461. The minimum atomic E-state index is -0.369. The van der Waals surface area contributed by atoms with Crippen molar-refractivity contribution in [3.05, 3.63) is 135 Å². The van der Waals surface area contributed by atoms with Crippen LogP contribution in [0.1, 0.15) is 33.1 Å². The van der Waals surface area contributed by atoms with E-state index in [0.717, 1.165) is 21.1 Å². The van der Waals surface area contributed by atoms with Crippen LogP contribution in [0.5, 0.6) is 5.75 Å². The van der Waals surface area contributed by atoms with Crippen molar-refractivity contribution in [3.63, 3.8) is 0 Å². The lowest BCUT2D eigenvalue weighted by atomic mass is 9.98. The van der Waals surface area contributed by atoms with Crippen LogP contribution in [-0.4, -0.2) is 24.3 Å². The third kappa shape index (κ3) is 5.29. The van der Waals surface area contributed by atoms with Gasteiger partial charge >= 0.3 is 5.97 Å². The predicted molar refractivity (Wildman–Crippen MR) is 152 cm³/mol. The SMILES string of the molecule is COC(=O)c1ccc(OCCc2c(Br)n(C(c3ccccc3)c3ccccc3)c3ccc(Cl)cc23)cc1. The van der Waals surface area contributed by atoms with E-state index in [1.54, 1.807) is 24.3 Å². The number of carbonyl (C=O) groups excluding carboxylic acids is 1. The first-order chi connectivity index (χ1) is 18.1. The Bertz CT molecular complexity index is 1480. The number of esters is 1. The molecule has 0 aliphatic rings. The Morgan fingerprint density at radius 1 is 0.892 bits per heavy atom. The van der Waals surface area contributed by atoms with Gasteiger partial charge in [-0.05, 0) is 75.1 Å². The molecule has 5 rings (SSSR count). The number of methoxy groups -OCH3 is 1. The number of hydrogen-bond donors (Lipinski definition) is 0. The normalized spacial score (nSPS) is 11.1. The maximum atomic E-state index is 11.7. The second-order valence-electron chi connectivity index (χ2n) is 8.64. The molecule has 0 unspecified atom stereocenters. The Kier molecular flexibility index (Phi) is 7.63. The van der Waals surface area contributed by atoms with E-state index < -0.39 is 0 Å². The van der Waals surface area contributed by atoms with E-state index in [4.69, 9.17) is 21.1 Å². The average Bonchev–Trinajstić information content (AvgIpc) is 3.20. The third-order valence-electron chi connectivity index (χ3n) is 6.39. The van der Waals surface area contributed by atoms with E-state index in [2.05, 4.69) is 75.1 Å². The third-order valence-corrected chi connectivity index (χ3v) is 7.48. The lowest BCUT2D eigenvalue weighted by Gasteiger charge is -2.23. The Labute approximate surface area is 229 Å². The number of halogens is 2. The monoisotopic (exact) mass is 573 g/mol. The van der Waals surface area contributed by atoms with E-state index in [-0.39, 0.29) is 12.0 Å². The van der Waals surface area contributed by atoms with Gasteiger partial charge in [0.05, 0.1) is 35.4 Å². The van der Waals surface area contributed by atoms with Gasteiger partial charge in [0.15, 0.2) is 0 Å². The number of hydrogen-bond acceptors (Lipinski definition) is 3. The van der Waals surface area contributed by atoms with Gasteiger partial charge in [-0.3, -0.25) is 0 Å². The Hall–Kier alpha value is -3.54. The zero-order chi connectivity index (χ0) is 25.8. The van der Waals surface area contributed by atoms with Crippen LogP contribution in [0, 0.1) is 0 Å². The fourth-order valence-corrected chi connectivity index (χ4v) is 5.63. The fraction of sp³-hybridized carbons (Fsp3) is 0.129. The van der Waals surface area contributed by atoms with Gasteiger partial charge < -0.3 is 14.0 Å². The summed E-state index contributed by atoms with van der Waals surface area (Å²) in [6.07, 6.45) is 0.666. The first kappa shape index (κ1) is 25.1. The smallest absolute Gasteiger partial charge is 0.337 e. The largest absolute Gasteiger partial charge is 0.493 e. The molecule has 1 heterocycles. The molecule has 4 nitrogen and oxygen atoms in total. The standard InChI is InChI=1S/C31H25BrClNO3/c1-36-31(35)23-12-15-25(16-13-23)37-19-18-26-27-20-24(33)14-17-28(27)34(30(26)32)29(21-8-4-2-5-9-21)22-10-6-3-7-11-22/h2-17,20,29H,18-19H2,1H3. The van der Waals surface area contributed by atoms with Gasteiger partial charge in [0.1, 0.15) is 5.75 Å². The van der Waals surface area contributed by atoms with Gasteiger partial charge in [0.2, 0.25) is 0 Å². The molecule has 0 fully saturated rings.